The van der Waals surface area contributed by atoms with Gasteiger partial charge < -0.3 is 11.5 Å². The summed E-state index contributed by atoms with van der Waals surface area (Å²) in [4.78, 5) is 15.9. The van der Waals surface area contributed by atoms with Crippen LogP contribution in [0, 0.1) is 5.92 Å². The van der Waals surface area contributed by atoms with Gasteiger partial charge in [0.05, 0.1) is 0 Å². The number of allylic oxidation sites excluding steroid dienone is 1. The van der Waals surface area contributed by atoms with E-state index in [0.29, 0.717) is 18.7 Å². The number of nitrogens with two attached hydrogens (primary N) is 2. The van der Waals surface area contributed by atoms with Crippen molar-refractivity contribution in [1.82, 2.24) is 4.98 Å². The van der Waals surface area contributed by atoms with Crippen molar-refractivity contribution < 1.29 is 4.79 Å². The first kappa shape index (κ1) is 10.8. The minimum Gasteiger partial charge on any atom is -0.383 e. The highest BCUT2D eigenvalue weighted by Crippen LogP contribution is 2.20. The van der Waals surface area contributed by atoms with Crippen molar-refractivity contribution in [2.24, 2.45) is 11.7 Å². The third-order valence-electron chi connectivity index (χ3n) is 2.82. The maximum atomic E-state index is 11.9. The second kappa shape index (κ2) is 4.45. The van der Waals surface area contributed by atoms with Crippen molar-refractivity contribution in [1.29, 1.82) is 0 Å². The third-order valence-corrected chi connectivity index (χ3v) is 2.82. The summed E-state index contributed by atoms with van der Waals surface area (Å²) in [5.41, 5.74) is 12.2. The number of hydrogen-bond donors (Lipinski definition) is 2. The lowest BCUT2D eigenvalue weighted by Gasteiger charge is -2.09. The van der Waals surface area contributed by atoms with E-state index in [1.54, 1.807) is 12.3 Å². The van der Waals surface area contributed by atoms with E-state index in [1.807, 2.05) is 18.2 Å². The van der Waals surface area contributed by atoms with Gasteiger partial charge in [-0.25, -0.2) is 4.98 Å². The molecule has 0 fully saturated rings. The summed E-state index contributed by atoms with van der Waals surface area (Å²) in [6, 6.07) is 3.63. The van der Waals surface area contributed by atoms with Gasteiger partial charge in [0.1, 0.15) is 11.6 Å². The van der Waals surface area contributed by atoms with Crippen molar-refractivity contribution in [3.63, 3.8) is 0 Å². The van der Waals surface area contributed by atoms with Gasteiger partial charge in [0, 0.05) is 30.1 Å². The smallest absolute Gasteiger partial charge is 0.144 e. The molecular formula is C12H15N3O. The number of hydrogen-bond acceptors (Lipinski definition) is 4. The summed E-state index contributed by atoms with van der Waals surface area (Å²) >= 11 is 0. The number of rotatable bonds is 3. The monoisotopic (exact) mass is 217 g/mol. The Morgan fingerprint density at radius 3 is 2.94 bits per heavy atom. The normalized spacial score (nSPS) is 23.6. The molecule has 0 amide bonds. The Balaban J connectivity index is 2.03. The lowest BCUT2D eigenvalue weighted by molar-refractivity contribution is -0.120. The molecule has 0 spiro atoms. The highest BCUT2D eigenvalue weighted by Gasteiger charge is 2.23. The summed E-state index contributed by atoms with van der Waals surface area (Å²) < 4.78 is 0. The summed E-state index contributed by atoms with van der Waals surface area (Å²) in [5.74, 6) is 0.528. The number of ketones is 1. The van der Waals surface area contributed by atoms with Crippen molar-refractivity contribution in [2.75, 3.05) is 5.73 Å². The standard InChI is InChI=1S/C12H15N3O/c13-10-4-3-8(6-10)11(16)7-9-2-1-5-15-12(9)14/h1-5,8,10H,6-7,13H2,(H2,14,15). The molecule has 16 heavy (non-hydrogen) atoms. The molecule has 1 aromatic heterocycles. The second-order valence-electron chi connectivity index (χ2n) is 4.08. The van der Waals surface area contributed by atoms with Crippen LogP contribution in [0.5, 0.6) is 0 Å². The second-order valence-corrected chi connectivity index (χ2v) is 4.08. The highest BCUT2D eigenvalue weighted by molar-refractivity contribution is 5.86. The van der Waals surface area contributed by atoms with Crippen molar-refractivity contribution >= 4 is 11.6 Å². The van der Waals surface area contributed by atoms with Crippen LogP contribution in [0.3, 0.4) is 0 Å². The Labute approximate surface area is 94.4 Å². The Kier molecular flexibility index (Phi) is 3.01. The number of aromatic nitrogens is 1. The van der Waals surface area contributed by atoms with Crippen molar-refractivity contribution in [3.8, 4) is 0 Å². The van der Waals surface area contributed by atoms with Crippen molar-refractivity contribution in [2.45, 2.75) is 18.9 Å². The van der Waals surface area contributed by atoms with Crippen LogP contribution in [0.1, 0.15) is 12.0 Å². The van der Waals surface area contributed by atoms with Gasteiger partial charge in [-0.15, -0.1) is 0 Å². The number of carbonyl (C=O) groups is 1. The molecule has 0 aliphatic heterocycles. The summed E-state index contributed by atoms with van der Waals surface area (Å²) in [6.07, 6.45) is 6.43. The molecule has 0 saturated heterocycles. The fraction of sp³-hybridized carbons (Fsp3) is 0.333. The molecule has 0 saturated carbocycles. The van der Waals surface area contributed by atoms with Crippen LogP contribution < -0.4 is 11.5 Å². The first-order chi connectivity index (χ1) is 7.66. The summed E-state index contributed by atoms with van der Waals surface area (Å²) in [7, 11) is 0. The number of nitrogen functional groups attached to an aromatic ring is 1. The van der Waals surface area contributed by atoms with E-state index >= 15 is 0 Å². The van der Waals surface area contributed by atoms with E-state index in [4.69, 9.17) is 11.5 Å². The number of anilines is 1. The van der Waals surface area contributed by atoms with Gasteiger partial charge in [-0.05, 0) is 12.5 Å². The summed E-state index contributed by atoms with van der Waals surface area (Å²) in [5, 5.41) is 0. The van der Waals surface area contributed by atoms with Crippen LogP contribution in [0.15, 0.2) is 30.5 Å². The predicted molar refractivity (Wildman–Crippen MR) is 62.6 cm³/mol. The third kappa shape index (κ3) is 2.28. The topological polar surface area (TPSA) is 82.0 Å². The zero-order valence-corrected chi connectivity index (χ0v) is 8.97. The van der Waals surface area contributed by atoms with E-state index in [-0.39, 0.29) is 17.7 Å². The van der Waals surface area contributed by atoms with E-state index < -0.39 is 0 Å². The molecular weight excluding hydrogens is 202 g/mol. The molecule has 84 valence electrons. The molecule has 0 radical (unpaired) electrons. The van der Waals surface area contributed by atoms with Gasteiger partial charge in [-0.1, -0.05) is 18.2 Å². The molecule has 4 nitrogen and oxygen atoms in total. The quantitative estimate of drug-likeness (QED) is 0.729. The number of Topliss-reactive ketones (excluding diaryl/α,β-unsaturated/α-hetero) is 1. The predicted octanol–water partition coefficient (Wildman–Crippen LogP) is 0.679. The molecule has 2 atom stereocenters. The lowest BCUT2D eigenvalue weighted by atomic mass is 9.97. The molecule has 1 aromatic rings. The minimum absolute atomic E-state index is 0.0141. The van der Waals surface area contributed by atoms with Crippen LogP contribution in [0.25, 0.3) is 0 Å². The number of carbonyl (C=O) groups excluding carboxylic acids is 1. The Bertz CT molecular complexity index is 428. The minimum atomic E-state index is -0.0605. The Morgan fingerprint density at radius 2 is 2.31 bits per heavy atom. The van der Waals surface area contributed by atoms with Gasteiger partial charge in [-0.2, -0.15) is 0 Å². The first-order valence-electron chi connectivity index (χ1n) is 5.33. The Morgan fingerprint density at radius 1 is 1.50 bits per heavy atom. The fourth-order valence-electron chi connectivity index (χ4n) is 1.89. The largest absolute Gasteiger partial charge is 0.383 e. The van der Waals surface area contributed by atoms with Gasteiger partial charge in [-0.3, -0.25) is 4.79 Å². The summed E-state index contributed by atoms with van der Waals surface area (Å²) in [6.45, 7) is 0. The molecule has 4 N–H and O–H groups in total. The van der Waals surface area contributed by atoms with E-state index in [2.05, 4.69) is 4.98 Å². The van der Waals surface area contributed by atoms with Crippen LogP contribution in [-0.2, 0) is 11.2 Å². The van der Waals surface area contributed by atoms with E-state index in [0.717, 1.165) is 5.56 Å². The van der Waals surface area contributed by atoms with Gasteiger partial charge in [0.2, 0.25) is 0 Å². The molecule has 1 heterocycles. The Hall–Kier alpha value is -1.68. The van der Waals surface area contributed by atoms with Crippen LogP contribution in [0.4, 0.5) is 5.82 Å². The van der Waals surface area contributed by atoms with E-state index in [9.17, 15) is 4.79 Å². The fourth-order valence-corrected chi connectivity index (χ4v) is 1.89. The first-order valence-corrected chi connectivity index (χ1v) is 5.33. The zero-order valence-electron chi connectivity index (χ0n) is 8.97. The average molecular weight is 217 g/mol. The maximum Gasteiger partial charge on any atom is 0.144 e. The SMILES string of the molecule is Nc1ncccc1CC(=O)C1C=CC(N)C1. The molecule has 2 unspecified atom stereocenters. The van der Waals surface area contributed by atoms with Crippen LogP contribution in [0.2, 0.25) is 0 Å². The average Bonchev–Trinajstić information content (AvgIpc) is 2.68. The molecule has 2 rings (SSSR count). The molecule has 4 heteroatoms. The maximum absolute atomic E-state index is 11.9. The van der Waals surface area contributed by atoms with Crippen LogP contribution in [-0.4, -0.2) is 16.8 Å². The van der Waals surface area contributed by atoms with Crippen molar-refractivity contribution in [3.05, 3.63) is 36.0 Å². The zero-order chi connectivity index (χ0) is 11.5. The highest BCUT2D eigenvalue weighted by atomic mass is 16.1. The molecule has 0 aromatic carbocycles. The molecule has 1 aliphatic carbocycles. The molecule has 1 aliphatic rings. The van der Waals surface area contributed by atoms with E-state index in [1.165, 1.54) is 0 Å². The number of pyridine rings is 1. The van der Waals surface area contributed by atoms with Gasteiger partial charge >= 0.3 is 0 Å². The van der Waals surface area contributed by atoms with Gasteiger partial charge in [0.25, 0.3) is 0 Å². The lowest BCUT2D eigenvalue weighted by Crippen LogP contribution is -2.20. The van der Waals surface area contributed by atoms with Gasteiger partial charge in [0.15, 0.2) is 0 Å². The van der Waals surface area contributed by atoms with Crippen LogP contribution >= 0.6 is 0 Å². The molecule has 0 bridgehead atoms. The number of nitrogens with zero attached hydrogens (tertiary/aromatic N) is 1.